The Morgan fingerprint density at radius 1 is 1.25 bits per heavy atom. The van der Waals surface area contributed by atoms with E-state index in [1.165, 1.54) is 17.6 Å². The van der Waals surface area contributed by atoms with Gasteiger partial charge in [0.25, 0.3) is 0 Å². The minimum atomic E-state index is 0.00188. The lowest BCUT2D eigenvalue weighted by Gasteiger charge is -1.95. The van der Waals surface area contributed by atoms with Crippen molar-refractivity contribution in [2.45, 2.75) is 0 Å². The van der Waals surface area contributed by atoms with Gasteiger partial charge in [-0.1, -0.05) is 11.3 Å². The zero-order chi connectivity index (χ0) is 13.9. The number of hydrogen-bond donors (Lipinski definition) is 2. The zero-order valence-electron chi connectivity index (χ0n) is 10.1. The summed E-state index contributed by atoms with van der Waals surface area (Å²) in [7, 11) is 0. The fourth-order valence-electron chi connectivity index (χ4n) is 1.60. The molecule has 1 aromatic heterocycles. The molecule has 0 spiro atoms. The van der Waals surface area contributed by atoms with Gasteiger partial charge in [0.1, 0.15) is 4.88 Å². The summed E-state index contributed by atoms with van der Waals surface area (Å²) < 4.78 is 11.0. The van der Waals surface area contributed by atoms with E-state index in [0.29, 0.717) is 14.6 Å². The summed E-state index contributed by atoms with van der Waals surface area (Å²) in [5.74, 6) is 1.42. The van der Waals surface area contributed by atoms with Crippen LogP contribution in [0.25, 0.3) is 0 Å². The van der Waals surface area contributed by atoms with E-state index in [1.54, 1.807) is 6.21 Å². The van der Waals surface area contributed by atoms with Gasteiger partial charge in [0.05, 0.1) is 12.4 Å². The molecular formula is C12H9N3O3S2. The highest BCUT2D eigenvalue weighted by Crippen LogP contribution is 2.31. The molecule has 1 aliphatic heterocycles. The van der Waals surface area contributed by atoms with Crippen LogP contribution in [0.5, 0.6) is 17.4 Å². The Hall–Kier alpha value is -2.19. The van der Waals surface area contributed by atoms with E-state index >= 15 is 0 Å². The molecule has 0 atom stereocenters. The van der Waals surface area contributed by atoms with Crippen molar-refractivity contribution in [1.29, 1.82) is 0 Å². The minimum Gasteiger partial charge on any atom is -0.494 e. The molecule has 0 saturated carbocycles. The second kappa shape index (κ2) is 5.43. The molecule has 0 saturated heterocycles. The monoisotopic (exact) mass is 307 g/mol. The normalized spacial score (nSPS) is 13.6. The molecule has 20 heavy (non-hydrogen) atoms. The molecular weight excluding hydrogens is 298 g/mol. The topological polar surface area (TPSA) is 79.2 Å². The molecule has 6 nitrogen and oxygen atoms in total. The Balaban J connectivity index is 1.71. The molecule has 2 N–H and O–H groups in total. The average molecular weight is 307 g/mol. The Labute approximate surface area is 123 Å². The highest BCUT2D eigenvalue weighted by Gasteiger charge is 2.12. The van der Waals surface area contributed by atoms with Gasteiger partial charge in [-0.15, -0.1) is 0 Å². The third-order valence-electron chi connectivity index (χ3n) is 2.50. The van der Waals surface area contributed by atoms with Crippen molar-refractivity contribution in [2.24, 2.45) is 10.2 Å². The van der Waals surface area contributed by atoms with Gasteiger partial charge >= 0.3 is 0 Å². The lowest BCUT2D eigenvalue weighted by Crippen LogP contribution is -1.92. The molecule has 0 fully saturated rings. The van der Waals surface area contributed by atoms with E-state index < -0.39 is 0 Å². The van der Waals surface area contributed by atoms with E-state index in [4.69, 9.17) is 21.7 Å². The molecule has 8 heteroatoms. The summed E-state index contributed by atoms with van der Waals surface area (Å²) in [6, 6.07) is 5.49. The largest absolute Gasteiger partial charge is 0.494 e. The SMILES string of the molecule is Oc1[nH]c(=S)sc1C=N/N=C\c1ccc2c(c1)OCO2. The number of nitrogens with one attached hydrogen (secondary N) is 1. The van der Waals surface area contributed by atoms with Gasteiger partial charge in [-0.05, 0) is 36.0 Å². The van der Waals surface area contributed by atoms with Gasteiger partial charge in [-0.3, -0.25) is 0 Å². The number of aromatic nitrogens is 1. The molecule has 2 heterocycles. The van der Waals surface area contributed by atoms with E-state index in [9.17, 15) is 5.11 Å². The van der Waals surface area contributed by atoms with Crippen molar-refractivity contribution in [3.05, 3.63) is 32.6 Å². The molecule has 0 radical (unpaired) electrons. The number of thiazole rings is 1. The van der Waals surface area contributed by atoms with Crippen LogP contribution in [0.3, 0.4) is 0 Å². The van der Waals surface area contributed by atoms with E-state index in [-0.39, 0.29) is 12.7 Å². The van der Waals surface area contributed by atoms with E-state index in [1.807, 2.05) is 18.2 Å². The quantitative estimate of drug-likeness (QED) is 0.519. The first-order valence-corrected chi connectivity index (χ1v) is 6.83. The summed E-state index contributed by atoms with van der Waals surface area (Å²) in [6.07, 6.45) is 3.03. The molecule has 1 aromatic carbocycles. The van der Waals surface area contributed by atoms with Crippen LogP contribution < -0.4 is 9.47 Å². The smallest absolute Gasteiger partial charge is 0.231 e. The Morgan fingerprint density at radius 3 is 2.85 bits per heavy atom. The summed E-state index contributed by atoms with van der Waals surface area (Å²) >= 11 is 6.13. The maximum atomic E-state index is 9.47. The summed E-state index contributed by atoms with van der Waals surface area (Å²) in [5.41, 5.74) is 0.845. The number of aromatic hydroxyl groups is 1. The van der Waals surface area contributed by atoms with Crippen molar-refractivity contribution in [3.8, 4) is 17.4 Å². The molecule has 0 bridgehead atoms. The number of fused-ring (bicyclic) bond motifs is 1. The summed E-state index contributed by atoms with van der Waals surface area (Å²) in [6.45, 7) is 0.242. The molecule has 3 rings (SSSR count). The Kier molecular flexibility index (Phi) is 3.48. The van der Waals surface area contributed by atoms with Crippen LogP contribution >= 0.6 is 23.6 Å². The molecule has 102 valence electrons. The predicted molar refractivity (Wildman–Crippen MR) is 78.9 cm³/mol. The number of aromatic amines is 1. The minimum absolute atomic E-state index is 0.00188. The van der Waals surface area contributed by atoms with E-state index in [0.717, 1.165) is 11.3 Å². The number of ether oxygens (including phenoxy) is 2. The average Bonchev–Trinajstić information content (AvgIpc) is 3.00. The van der Waals surface area contributed by atoms with Crippen LogP contribution in [0.2, 0.25) is 0 Å². The third kappa shape index (κ3) is 2.70. The standard InChI is InChI=1S/C12H9N3O3S2/c16-11-10(20-12(19)15-11)5-14-13-4-7-1-2-8-9(3-7)18-6-17-8/h1-5,16H,6H2,(H,15,19)/b13-4-,14-5?. The van der Waals surface area contributed by atoms with Crippen molar-refractivity contribution in [1.82, 2.24) is 4.98 Å². The lowest BCUT2D eigenvalue weighted by atomic mass is 10.2. The van der Waals surface area contributed by atoms with Crippen LogP contribution in [-0.2, 0) is 0 Å². The van der Waals surface area contributed by atoms with Crippen LogP contribution in [-0.4, -0.2) is 29.3 Å². The fraction of sp³-hybridized carbons (Fsp3) is 0.0833. The molecule has 2 aromatic rings. The number of benzene rings is 1. The second-order valence-electron chi connectivity index (χ2n) is 3.83. The van der Waals surface area contributed by atoms with Gasteiger partial charge in [-0.2, -0.15) is 10.2 Å². The summed E-state index contributed by atoms with van der Waals surface area (Å²) in [4.78, 5) is 3.15. The number of nitrogens with zero attached hydrogens (tertiary/aromatic N) is 2. The van der Waals surface area contributed by atoms with Crippen LogP contribution in [0.4, 0.5) is 0 Å². The Morgan fingerprint density at radius 2 is 2.05 bits per heavy atom. The summed E-state index contributed by atoms with van der Waals surface area (Å²) in [5, 5.41) is 17.2. The fourth-order valence-corrected chi connectivity index (χ4v) is 2.56. The van der Waals surface area contributed by atoms with Crippen molar-refractivity contribution >= 4 is 36.0 Å². The molecule has 0 aliphatic carbocycles. The third-order valence-corrected chi connectivity index (χ3v) is 3.66. The van der Waals surface area contributed by atoms with Crippen molar-refractivity contribution < 1.29 is 14.6 Å². The maximum absolute atomic E-state index is 9.47. The van der Waals surface area contributed by atoms with Gasteiger partial charge in [-0.25, -0.2) is 0 Å². The molecule has 1 aliphatic rings. The van der Waals surface area contributed by atoms with Crippen LogP contribution in [0, 0.1) is 3.95 Å². The molecule has 0 amide bonds. The van der Waals surface area contributed by atoms with Gasteiger partial charge < -0.3 is 19.6 Å². The van der Waals surface area contributed by atoms with Crippen molar-refractivity contribution in [3.63, 3.8) is 0 Å². The van der Waals surface area contributed by atoms with Gasteiger partial charge in [0.2, 0.25) is 12.7 Å². The van der Waals surface area contributed by atoms with Gasteiger partial charge in [0, 0.05) is 0 Å². The van der Waals surface area contributed by atoms with Crippen LogP contribution in [0.15, 0.2) is 28.4 Å². The van der Waals surface area contributed by atoms with Crippen molar-refractivity contribution in [2.75, 3.05) is 6.79 Å². The highest BCUT2D eigenvalue weighted by atomic mass is 32.1. The van der Waals surface area contributed by atoms with Gasteiger partial charge in [0.15, 0.2) is 15.5 Å². The number of hydrogen-bond acceptors (Lipinski definition) is 7. The maximum Gasteiger partial charge on any atom is 0.231 e. The van der Waals surface area contributed by atoms with E-state index in [2.05, 4.69) is 15.2 Å². The Bertz CT molecular complexity index is 749. The zero-order valence-corrected chi connectivity index (χ0v) is 11.7. The molecule has 0 unspecified atom stereocenters. The number of rotatable bonds is 3. The first-order chi connectivity index (χ1) is 9.72. The first-order valence-electron chi connectivity index (χ1n) is 5.60. The predicted octanol–water partition coefficient (Wildman–Crippen LogP) is 2.69. The highest BCUT2D eigenvalue weighted by molar-refractivity contribution is 7.73. The number of H-pyrrole nitrogens is 1. The first kappa shape index (κ1) is 12.8. The second-order valence-corrected chi connectivity index (χ2v) is 5.55. The lowest BCUT2D eigenvalue weighted by molar-refractivity contribution is 0.174. The van der Waals surface area contributed by atoms with Crippen LogP contribution in [0.1, 0.15) is 10.4 Å².